The van der Waals surface area contributed by atoms with Gasteiger partial charge in [-0.15, -0.1) is 0 Å². The van der Waals surface area contributed by atoms with Crippen LogP contribution in [0.2, 0.25) is 0 Å². The molecule has 26 heavy (non-hydrogen) atoms. The Balaban J connectivity index is 1.48. The predicted octanol–water partition coefficient (Wildman–Crippen LogP) is 3.07. The first-order valence-corrected chi connectivity index (χ1v) is 10.3. The van der Waals surface area contributed by atoms with E-state index in [1.165, 1.54) is 72.7 Å². The Morgan fingerprint density at radius 3 is 2.31 bits per heavy atom. The molecule has 3 heterocycles. The Bertz CT molecular complexity index is 864. The molecule has 2 fully saturated rings. The van der Waals surface area contributed by atoms with Crippen molar-refractivity contribution in [2.45, 2.75) is 38.1 Å². The summed E-state index contributed by atoms with van der Waals surface area (Å²) in [6, 6.07) is 18.2. The molecule has 3 atom stereocenters. The Kier molecular flexibility index (Phi) is 4.25. The van der Waals surface area contributed by atoms with Crippen molar-refractivity contribution >= 4 is 27.5 Å². The van der Waals surface area contributed by atoms with Gasteiger partial charge in [0.25, 0.3) is 0 Å². The third-order valence-corrected chi connectivity index (χ3v) is 6.63. The molecule has 0 spiro atoms. The average molecular weight is 348 g/mol. The van der Waals surface area contributed by atoms with Crippen LogP contribution in [0.25, 0.3) is 21.8 Å². The minimum absolute atomic E-state index is 0.806. The van der Waals surface area contributed by atoms with Crippen LogP contribution in [0.4, 0.5) is 5.69 Å². The minimum atomic E-state index is 0.806. The highest BCUT2D eigenvalue weighted by molar-refractivity contribution is 6.04. The molecule has 0 saturated carbocycles. The summed E-state index contributed by atoms with van der Waals surface area (Å²) in [5.74, 6) is 0.806. The number of hydrogen-bond acceptors (Lipinski definition) is 1. The number of nitrogens with one attached hydrogen (secondary N) is 3. The Hall–Kier alpha value is -2.13. The second kappa shape index (κ2) is 6.88. The molecule has 5 rings (SSSR count). The molecule has 1 unspecified atom stereocenters. The first-order chi connectivity index (χ1) is 12.9. The molecule has 134 valence electrons. The lowest BCUT2D eigenvalue weighted by Gasteiger charge is -2.41. The maximum atomic E-state index is 3.90. The zero-order chi connectivity index (χ0) is 17.3. The molecule has 3 N–H and O–H groups in total. The lowest BCUT2D eigenvalue weighted by molar-refractivity contribution is -0.939. The highest BCUT2D eigenvalue weighted by Gasteiger charge is 2.36. The van der Waals surface area contributed by atoms with Gasteiger partial charge < -0.3 is 10.2 Å². The van der Waals surface area contributed by atoms with Gasteiger partial charge in [0.15, 0.2) is 0 Å². The molecule has 2 aliphatic heterocycles. The summed E-state index contributed by atoms with van der Waals surface area (Å²) >= 11 is 0. The summed E-state index contributed by atoms with van der Waals surface area (Å²) in [6.07, 6.45) is 7.05. The Morgan fingerprint density at radius 1 is 0.846 bits per heavy atom. The number of aromatic amines is 1. The van der Waals surface area contributed by atoms with E-state index in [1.54, 1.807) is 0 Å². The molecule has 2 aliphatic rings. The van der Waals surface area contributed by atoms with Crippen LogP contribution < -0.4 is 15.2 Å². The minimum Gasteiger partial charge on any atom is -0.383 e. The topological polar surface area (TPSA) is 30.6 Å². The fraction of sp³-hybridized carbons (Fsp3) is 0.435. The maximum absolute atomic E-state index is 3.90. The average Bonchev–Trinajstić information content (AvgIpc) is 2.71. The number of anilines is 1. The summed E-state index contributed by atoms with van der Waals surface area (Å²) in [6.45, 7) is 3.90. The quantitative estimate of drug-likeness (QED) is 0.701. The van der Waals surface area contributed by atoms with E-state index < -0.39 is 0 Å². The van der Waals surface area contributed by atoms with Gasteiger partial charge in [0.05, 0.1) is 35.6 Å². The van der Waals surface area contributed by atoms with Crippen LogP contribution >= 0.6 is 0 Å². The lowest BCUT2D eigenvalue weighted by Crippen LogP contribution is -3.18. The molecule has 0 amide bonds. The lowest BCUT2D eigenvalue weighted by atomic mass is 9.83. The van der Waals surface area contributed by atoms with Crippen molar-refractivity contribution in [2.75, 3.05) is 25.0 Å². The van der Waals surface area contributed by atoms with Gasteiger partial charge in [0, 0.05) is 24.6 Å². The summed E-state index contributed by atoms with van der Waals surface area (Å²) in [5.41, 5.74) is 3.72. The van der Waals surface area contributed by atoms with Crippen LogP contribution in [0.1, 0.15) is 32.1 Å². The van der Waals surface area contributed by atoms with Crippen LogP contribution in [0.3, 0.4) is 0 Å². The molecule has 1 aromatic heterocycles. The van der Waals surface area contributed by atoms with Gasteiger partial charge in [-0.05, 0) is 44.2 Å². The van der Waals surface area contributed by atoms with Crippen LogP contribution in [0.15, 0.2) is 48.5 Å². The van der Waals surface area contributed by atoms with Crippen LogP contribution in [0.5, 0.6) is 0 Å². The number of quaternary nitrogens is 1. The predicted molar refractivity (Wildman–Crippen MR) is 108 cm³/mol. The van der Waals surface area contributed by atoms with E-state index in [4.69, 9.17) is 0 Å². The normalized spacial score (nSPS) is 25.9. The fourth-order valence-corrected chi connectivity index (χ4v) is 5.36. The number of piperidine rings is 2. The number of pyridine rings is 1. The third kappa shape index (κ3) is 2.84. The SMILES string of the molecule is c1ccc2c(NC[C@@H]3CCC[NH+]4CCCC[C@@H]34)c3ccccc3[nH+]c2c1. The number of para-hydroxylation sites is 2. The van der Waals surface area contributed by atoms with E-state index in [1.807, 2.05) is 4.90 Å². The van der Waals surface area contributed by atoms with E-state index in [2.05, 4.69) is 58.8 Å². The van der Waals surface area contributed by atoms with Gasteiger partial charge in [-0.3, -0.25) is 0 Å². The van der Waals surface area contributed by atoms with Crippen molar-refractivity contribution in [3.8, 4) is 0 Å². The second-order valence-corrected chi connectivity index (χ2v) is 8.13. The molecule has 3 heteroatoms. The number of fused-ring (bicyclic) bond motifs is 3. The summed E-state index contributed by atoms with van der Waals surface area (Å²) < 4.78 is 0. The standard InChI is InChI=1S/C23H27N3/c1-3-11-20-18(9-1)23(19-10-2-4-12-21(19)25-20)24-16-17-8-7-15-26-14-6-5-13-22(17)26/h1-4,9-12,17,22H,5-8,13-16H2,(H,24,25)/p+2/t17-,22-/m0/s1. The zero-order valence-electron chi connectivity index (χ0n) is 15.4. The number of rotatable bonds is 3. The van der Waals surface area contributed by atoms with E-state index in [9.17, 15) is 0 Å². The maximum Gasteiger partial charge on any atom is 0.213 e. The molecular formula is C23H29N3+2. The van der Waals surface area contributed by atoms with Gasteiger partial charge in [-0.25, -0.2) is 4.98 Å². The first-order valence-electron chi connectivity index (χ1n) is 10.3. The number of hydrogen-bond donors (Lipinski definition) is 2. The van der Waals surface area contributed by atoms with Crippen molar-refractivity contribution in [3.63, 3.8) is 0 Å². The number of aromatic nitrogens is 1. The zero-order valence-corrected chi connectivity index (χ0v) is 15.4. The Labute approximate surface area is 155 Å². The summed E-state index contributed by atoms with van der Waals surface area (Å²) in [5, 5.41) is 6.50. The largest absolute Gasteiger partial charge is 0.383 e. The molecule has 0 radical (unpaired) electrons. The molecule has 3 nitrogen and oxygen atoms in total. The van der Waals surface area contributed by atoms with E-state index in [0.29, 0.717) is 0 Å². The second-order valence-electron chi connectivity index (χ2n) is 8.13. The highest BCUT2D eigenvalue weighted by atomic mass is 15.2. The van der Waals surface area contributed by atoms with Crippen molar-refractivity contribution in [3.05, 3.63) is 48.5 Å². The van der Waals surface area contributed by atoms with E-state index in [-0.39, 0.29) is 0 Å². The smallest absolute Gasteiger partial charge is 0.213 e. The molecular weight excluding hydrogens is 318 g/mol. The number of benzene rings is 2. The third-order valence-electron chi connectivity index (χ3n) is 6.63. The molecule has 3 aromatic rings. The molecule has 0 aliphatic carbocycles. The van der Waals surface area contributed by atoms with E-state index >= 15 is 0 Å². The summed E-state index contributed by atoms with van der Waals surface area (Å²) in [4.78, 5) is 5.47. The van der Waals surface area contributed by atoms with Crippen molar-refractivity contribution in [1.82, 2.24) is 0 Å². The van der Waals surface area contributed by atoms with Crippen molar-refractivity contribution < 1.29 is 9.88 Å². The van der Waals surface area contributed by atoms with Crippen molar-refractivity contribution in [1.29, 1.82) is 0 Å². The van der Waals surface area contributed by atoms with Crippen LogP contribution in [-0.2, 0) is 0 Å². The Morgan fingerprint density at radius 2 is 1.54 bits per heavy atom. The monoisotopic (exact) mass is 347 g/mol. The van der Waals surface area contributed by atoms with Crippen LogP contribution in [-0.4, -0.2) is 25.7 Å². The van der Waals surface area contributed by atoms with E-state index in [0.717, 1.165) is 18.5 Å². The van der Waals surface area contributed by atoms with Gasteiger partial charge in [0.1, 0.15) is 0 Å². The van der Waals surface area contributed by atoms with Gasteiger partial charge in [-0.2, -0.15) is 0 Å². The van der Waals surface area contributed by atoms with Gasteiger partial charge in [0.2, 0.25) is 11.0 Å². The molecule has 2 saturated heterocycles. The first kappa shape index (κ1) is 16.1. The summed E-state index contributed by atoms with van der Waals surface area (Å²) in [7, 11) is 0. The number of H-pyrrole nitrogens is 1. The van der Waals surface area contributed by atoms with Crippen LogP contribution in [0, 0.1) is 5.92 Å². The fourth-order valence-electron chi connectivity index (χ4n) is 5.36. The molecule has 2 aromatic carbocycles. The molecule has 0 bridgehead atoms. The van der Waals surface area contributed by atoms with Crippen molar-refractivity contribution in [2.24, 2.45) is 5.92 Å². The van der Waals surface area contributed by atoms with Gasteiger partial charge in [-0.1, -0.05) is 24.3 Å². The highest BCUT2D eigenvalue weighted by Crippen LogP contribution is 2.29. The van der Waals surface area contributed by atoms with Gasteiger partial charge >= 0.3 is 0 Å².